The fourth-order valence-corrected chi connectivity index (χ4v) is 4.00. The van der Waals surface area contributed by atoms with E-state index in [1.807, 2.05) is 13.8 Å². The van der Waals surface area contributed by atoms with Crippen LogP contribution < -0.4 is 10.6 Å². The summed E-state index contributed by atoms with van der Waals surface area (Å²) in [6.45, 7) is 13.7. The van der Waals surface area contributed by atoms with Gasteiger partial charge in [-0.3, -0.25) is 4.99 Å². The van der Waals surface area contributed by atoms with Crippen molar-refractivity contribution in [1.82, 2.24) is 15.5 Å². The third kappa shape index (κ3) is 10.7. The van der Waals surface area contributed by atoms with Gasteiger partial charge in [-0.1, -0.05) is 13.8 Å². The van der Waals surface area contributed by atoms with Gasteiger partial charge in [0.1, 0.15) is 9.84 Å². The SMILES string of the molecule is CCNC(=NCC1CCCN(CC(C)C)C1)NC(C)CCS(C)(=O)=O. The van der Waals surface area contributed by atoms with Crippen molar-refractivity contribution in [3.63, 3.8) is 0 Å². The minimum Gasteiger partial charge on any atom is -0.357 e. The Kier molecular flexibility index (Phi) is 9.79. The first-order chi connectivity index (χ1) is 11.7. The van der Waals surface area contributed by atoms with E-state index in [2.05, 4.69) is 29.4 Å². The van der Waals surface area contributed by atoms with Gasteiger partial charge in [0.2, 0.25) is 0 Å². The molecule has 0 aromatic heterocycles. The van der Waals surface area contributed by atoms with Gasteiger partial charge in [-0.05, 0) is 51.5 Å². The number of hydrogen-bond donors (Lipinski definition) is 2. The lowest BCUT2D eigenvalue weighted by molar-refractivity contribution is 0.162. The van der Waals surface area contributed by atoms with E-state index in [4.69, 9.17) is 4.99 Å². The molecule has 25 heavy (non-hydrogen) atoms. The van der Waals surface area contributed by atoms with E-state index >= 15 is 0 Å². The average Bonchev–Trinajstić information content (AvgIpc) is 2.50. The summed E-state index contributed by atoms with van der Waals surface area (Å²) in [5.41, 5.74) is 0. The van der Waals surface area contributed by atoms with E-state index in [9.17, 15) is 8.42 Å². The second-order valence-corrected chi connectivity index (χ2v) is 10.1. The number of nitrogens with zero attached hydrogens (tertiary/aromatic N) is 2. The van der Waals surface area contributed by atoms with E-state index in [-0.39, 0.29) is 11.8 Å². The van der Waals surface area contributed by atoms with Crippen LogP contribution in [-0.4, -0.2) is 70.1 Å². The molecule has 0 spiro atoms. The molecule has 2 N–H and O–H groups in total. The van der Waals surface area contributed by atoms with E-state index in [1.54, 1.807) is 0 Å². The predicted molar refractivity (Wildman–Crippen MR) is 107 cm³/mol. The molecular formula is C18H38N4O2S. The summed E-state index contributed by atoms with van der Waals surface area (Å²) in [6.07, 6.45) is 4.36. The van der Waals surface area contributed by atoms with Crippen molar-refractivity contribution in [2.75, 3.05) is 44.7 Å². The van der Waals surface area contributed by atoms with Crippen LogP contribution in [0, 0.1) is 11.8 Å². The number of hydrogen-bond acceptors (Lipinski definition) is 4. The van der Waals surface area contributed by atoms with Gasteiger partial charge in [0.15, 0.2) is 5.96 Å². The van der Waals surface area contributed by atoms with Gasteiger partial charge in [-0.15, -0.1) is 0 Å². The maximum absolute atomic E-state index is 11.3. The second-order valence-electron chi connectivity index (χ2n) is 7.85. The molecule has 0 amide bonds. The van der Waals surface area contributed by atoms with Gasteiger partial charge >= 0.3 is 0 Å². The highest BCUT2D eigenvalue weighted by Gasteiger charge is 2.20. The summed E-state index contributed by atoms with van der Waals surface area (Å²) in [4.78, 5) is 7.31. The first kappa shape index (κ1) is 22.2. The maximum atomic E-state index is 11.3. The van der Waals surface area contributed by atoms with Crippen molar-refractivity contribution in [1.29, 1.82) is 0 Å². The second kappa shape index (κ2) is 11.0. The Hall–Kier alpha value is -0.820. The van der Waals surface area contributed by atoms with Gasteiger partial charge in [0.25, 0.3) is 0 Å². The van der Waals surface area contributed by atoms with E-state index in [1.165, 1.54) is 32.2 Å². The summed E-state index contributed by atoms with van der Waals surface area (Å²) in [6, 6.07) is 0.0799. The zero-order chi connectivity index (χ0) is 18.9. The third-order valence-electron chi connectivity index (χ3n) is 4.38. The predicted octanol–water partition coefficient (Wildman–Crippen LogP) is 1.73. The normalized spacial score (nSPS) is 21.4. The molecule has 1 aliphatic heterocycles. The number of aliphatic imine (C=N–C) groups is 1. The standard InChI is InChI=1S/C18H38N4O2S/c1-6-19-18(21-16(4)9-11-25(5,23)24)20-12-17-8-7-10-22(14-17)13-15(2)3/h15-17H,6-14H2,1-5H3,(H2,19,20,21). The van der Waals surface area contributed by atoms with Crippen molar-refractivity contribution in [3.05, 3.63) is 0 Å². The summed E-state index contributed by atoms with van der Waals surface area (Å²) >= 11 is 0. The van der Waals surface area contributed by atoms with Crippen LogP contribution >= 0.6 is 0 Å². The molecule has 1 saturated heterocycles. The molecule has 1 rings (SSSR count). The number of guanidine groups is 1. The average molecular weight is 375 g/mol. The molecule has 0 saturated carbocycles. The largest absolute Gasteiger partial charge is 0.357 e. The fourth-order valence-electron chi connectivity index (χ4n) is 3.22. The van der Waals surface area contributed by atoms with Crippen molar-refractivity contribution < 1.29 is 8.42 Å². The molecule has 2 unspecified atom stereocenters. The lowest BCUT2D eigenvalue weighted by Crippen LogP contribution is -2.44. The van der Waals surface area contributed by atoms with Crippen LogP contribution in [0.1, 0.15) is 47.0 Å². The molecule has 2 atom stereocenters. The lowest BCUT2D eigenvalue weighted by atomic mass is 9.97. The number of nitrogens with one attached hydrogen (secondary N) is 2. The van der Waals surface area contributed by atoms with Crippen molar-refractivity contribution in [2.45, 2.75) is 53.0 Å². The molecule has 0 radical (unpaired) electrons. The van der Waals surface area contributed by atoms with Crippen molar-refractivity contribution in [2.24, 2.45) is 16.8 Å². The van der Waals surface area contributed by atoms with E-state index in [0.717, 1.165) is 25.6 Å². The Morgan fingerprint density at radius 1 is 1.32 bits per heavy atom. The van der Waals surface area contributed by atoms with Crippen LogP contribution in [-0.2, 0) is 9.84 Å². The highest BCUT2D eigenvalue weighted by atomic mass is 32.2. The van der Waals surface area contributed by atoms with Gasteiger partial charge in [0.05, 0.1) is 5.75 Å². The Labute approximate surface area is 154 Å². The number of piperidine rings is 1. The molecule has 148 valence electrons. The lowest BCUT2D eigenvalue weighted by Gasteiger charge is -2.33. The molecule has 0 aromatic rings. The summed E-state index contributed by atoms with van der Waals surface area (Å²) in [7, 11) is -2.92. The Bertz CT molecular complexity index is 505. The quantitative estimate of drug-likeness (QED) is 0.475. The summed E-state index contributed by atoms with van der Waals surface area (Å²) < 4.78 is 22.6. The number of likely N-dealkylation sites (tertiary alicyclic amines) is 1. The first-order valence-corrected chi connectivity index (χ1v) is 11.7. The number of sulfone groups is 1. The third-order valence-corrected chi connectivity index (χ3v) is 5.36. The van der Waals surface area contributed by atoms with Crippen LogP contribution in [0.15, 0.2) is 4.99 Å². The van der Waals surface area contributed by atoms with Crippen LogP contribution in [0.3, 0.4) is 0 Å². The summed E-state index contributed by atoms with van der Waals surface area (Å²) in [5, 5.41) is 6.60. The fraction of sp³-hybridized carbons (Fsp3) is 0.944. The molecule has 1 aliphatic rings. The van der Waals surface area contributed by atoms with Crippen molar-refractivity contribution in [3.8, 4) is 0 Å². The zero-order valence-electron chi connectivity index (χ0n) is 16.7. The molecular weight excluding hydrogens is 336 g/mol. The Morgan fingerprint density at radius 2 is 2.04 bits per heavy atom. The van der Waals surface area contributed by atoms with Crippen LogP contribution in [0.5, 0.6) is 0 Å². The van der Waals surface area contributed by atoms with Gasteiger partial charge in [0, 0.05) is 38.5 Å². The van der Waals surface area contributed by atoms with Crippen LogP contribution in [0.2, 0.25) is 0 Å². The zero-order valence-corrected chi connectivity index (χ0v) is 17.5. The Morgan fingerprint density at radius 3 is 2.64 bits per heavy atom. The molecule has 0 aromatic carbocycles. The van der Waals surface area contributed by atoms with Gasteiger partial charge in [-0.25, -0.2) is 8.42 Å². The van der Waals surface area contributed by atoms with Gasteiger partial charge in [-0.2, -0.15) is 0 Å². The molecule has 1 fully saturated rings. The highest BCUT2D eigenvalue weighted by Crippen LogP contribution is 2.17. The minimum absolute atomic E-state index is 0.0799. The summed E-state index contributed by atoms with van der Waals surface area (Å²) in [5.74, 6) is 2.31. The molecule has 0 aliphatic carbocycles. The monoisotopic (exact) mass is 374 g/mol. The van der Waals surface area contributed by atoms with E-state index < -0.39 is 9.84 Å². The molecule has 0 bridgehead atoms. The Balaban J connectivity index is 2.51. The van der Waals surface area contributed by atoms with Crippen molar-refractivity contribution >= 4 is 15.8 Å². The molecule has 7 heteroatoms. The maximum Gasteiger partial charge on any atom is 0.191 e. The van der Waals surface area contributed by atoms with Gasteiger partial charge < -0.3 is 15.5 Å². The van der Waals surface area contributed by atoms with E-state index in [0.29, 0.717) is 18.3 Å². The highest BCUT2D eigenvalue weighted by molar-refractivity contribution is 7.90. The topological polar surface area (TPSA) is 73.8 Å². The smallest absolute Gasteiger partial charge is 0.191 e. The van der Waals surface area contributed by atoms with Crippen LogP contribution in [0.25, 0.3) is 0 Å². The first-order valence-electron chi connectivity index (χ1n) is 9.64. The van der Waals surface area contributed by atoms with Crippen LogP contribution in [0.4, 0.5) is 0 Å². The number of rotatable bonds is 9. The minimum atomic E-state index is -2.92. The molecule has 6 nitrogen and oxygen atoms in total. The molecule has 1 heterocycles.